The zero-order valence-corrected chi connectivity index (χ0v) is 4.41. The number of pyridine rings is 1. The van der Waals surface area contributed by atoms with E-state index in [1.54, 1.807) is 24.5 Å². The molecule has 0 aromatic carbocycles. The molecule has 0 amide bonds. The van der Waals surface area contributed by atoms with Crippen molar-refractivity contribution < 1.29 is 0 Å². The van der Waals surface area contributed by atoms with Crippen molar-refractivity contribution in [3.05, 3.63) is 24.5 Å². The average molecular weight is 106 g/mol. The molecule has 0 N–H and O–H groups in total. The zero-order valence-electron chi connectivity index (χ0n) is 4.41. The number of hydrogen-bond donors (Lipinski definition) is 0. The fourth-order valence-electron chi connectivity index (χ4n) is 0.449. The maximum atomic E-state index is 3.81. The summed E-state index contributed by atoms with van der Waals surface area (Å²) in [5, 5.41) is 0. The maximum Gasteiger partial charge on any atom is 0.0653 e. The summed E-state index contributed by atoms with van der Waals surface area (Å²) in [6.45, 7) is 3.35. The van der Waals surface area contributed by atoms with Crippen LogP contribution in [0.2, 0.25) is 0 Å². The molecular weight excluding hydrogens is 100 g/mol. The Morgan fingerprint density at radius 3 is 2.38 bits per heavy atom. The summed E-state index contributed by atoms with van der Waals surface area (Å²) in [7, 11) is 0. The average Bonchev–Trinajstić information content (AvgIpc) is 1.90. The van der Waals surface area contributed by atoms with E-state index in [1.165, 1.54) is 0 Å². The fraction of sp³-hybridized carbons (Fsp3) is 0. The van der Waals surface area contributed by atoms with E-state index < -0.39 is 0 Å². The Hall–Kier alpha value is -1.18. The minimum Gasteiger partial charge on any atom is -0.265 e. The Morgan fingerprint density at radius 2 is 2.00 bits per heavy atom. The number of aliphatic imine (C=N–C) groups is 1. The maximum absolute atomic E-state index is 3.81. The monoisotopic (exact) mass is 106 g/mol. The van der Waals surface area contributed by atoms with Gasteiger partial charge < -0.3 is 0 Å². The van der Waals surface area contributed by atoms with Gasteiger partial charge in [0.15, 0.2) is 0 Å². The van der Waals surface area contributed by atoms with E-state index in [1.807, 2.05) is 0 Å². The van der Waals surface area contributed by atoms with Crippen LogP contribution in [0.5, 0.6) is 0 Å². The Balaban J connectivity index is 2.99. The van der Waals surface area contributed by atoms with Crippen molar-refractivity contribution in [1.29, 1.82) is 0 Å². The first kappa shape index (κ1) is 4.97. The molecule has 0 saturated heterocycles. The van der Waals surface area contributed by atoms with Crippen LogP contribution in [0.15, 0.2) is 29.5 Å². The number of rotatable bonds is 1. The third-order valence-electron chi connectivity index (χ3n) is 0.845. The quantitative estimate of drug-likeness (QED) is 0.497. The molecule has 0 radical (unpaired) electrons. The predicted molar refractivity (Wildman–Crippen MR) is 33.4 cm³/mol. The summed E-state index contributed by atoms with van der Waals surface area (Å²) in [5.74, 6) is 0. The smallest absolute Gasteiger partial charge is 0.0653 e. The van der Waals surface area contributed by atoms with Gasteiger partial charge >= 0.3 is 0 Å². The second kappa shape index (κ2) is 2.21. The van der Waals surface area contributed by atoms with Gasteiger partial charge in [-0.05, 0) is 18.9 Å². The van der Waals surface area contributed by atoms with Crippen LogP contribution in [0, 0.1) is 0 Å². The van der Waals surface area contributed by atoms with Crippen molar-refractivity contribution in [3.8, 4) is 0 Å². The Labute approximate surface area is 47.9 Å². The first-order valence-corrected chi connectivity index (χ1v) is 2.30. The van der Waals surface area contributed by atoms with Crippen LogP contribution in [0.3, 0.4) is 0 Å². The molecule has 40 valence electrons. The molecule has 0 unspecified atom stereocenters. The van der Waals surface area contributed by atoms with Gasteiger partial charge in [-0.25, -0.2) is 0 Å². The molecule has 0 bridgehead atoms. The van der Waals surface area contributed by atoms with Gasteiger partial charge in [0.1, 0.15) is 0 Å². The number of nitrogens with zero attached hydrogens (tertiary/aromatic N) is 2. The fourth-order valence-corrected chi connectivity index (χ4v) is 0.449. The van der Waals surface area contributed by atoms with Crippen molar-refractivity contribution in [2.75, 3.05) is 0 Å². The van der Waals surface area contributed by atoms with Crippen LogP contribution in [-0.4, -0.2) is 11.7 Å². The van der Waals surface area contributed by atoms with Crippen LogP contribution in [0.4, 0.5) is 5.69 Å². The van der Waals surface area contributed by atoms with Gasteiger partial charge in [0, 0.05) is 12.4 Å². The highest BCUT2D eigenvalue weighted by atomic mass is 14.7. The molecule has 8 heavy (non-hydrogen) atoms. The van der Waals surface area contributed by atoms with Gasteiger partial charge in [-0.3, -0.25) is 9.98 Å². The van der Waals surface area contributed by atoms with Crippen LogP contribution in [-0.2, 0) is 0 Å². The molecule has 1 aromatic heterocycles. The van der Waals surface area contributed by atoms with Crippen molar-refractivity contribution in [2.24, 2.45) is 4.99 Å². The van der Waals surface area contributed by atoms with Gasteiger partial charge in [0.05, 0.1) is 5.69 Å². The minimum atomic E-state index is 0.861. The van der Waals surface area contributed by atoms with Crippen LogP contribution < -0.4 is 0 Å². The summed E-state index contributed by atoms with van der Waals surface area (Å²) < 4.78 is 0. The van der Waals surface area contributed by atoms with Gasteiger partial charge in [-0.2, -0.15) is 0 Å². The van der Waals surface area contributed by atoms with Gasteiger partial charge in [0.25, 0.3) is 0 Å². The molecule has 0 aliphatic heterocycles. The van der Waals surface area contributed by atoms with Crippen LogP contribution in [0.1, 0.15) is 0 Å². The highest BCUT2D eigenvalue weighted by molar-refractivity contribution is 5.43. The molecule has 0 saturated carbocycles. The molecule has 0 aliphatic carbocycles. The van der Waals surface area contributed by atoms with E-state index >= 15 is 0 Å². The van der Waals surface area contributed by atoms with Crippen LogP contribution >= 0.6 is 0 Å². The summed E-state index contributed by atoms with van der Waals surface area (Å²) >= 11 is 0. The SMILES string of the molecule is C=Nc1ccncc1. The molecule has 2 nitrogen and oxygen atoms in total. The van der Waals surface area contributed by atoms with Crippen LogP contribution in [0.25, 0.3) is 0 Å². The molecule has 0 atom stereocenters. The molecular formula is C6H6N2. The minimum absolute atomic E-state index is 0.861. The highest BCUT2D eigenvalue weighted by Crippen LogP contribution is 2.04. The van der Waals surface area contributed by atoms with E-state index in [2.05, 4.69) is 16.7 Å². The molecule has 1 heterocycles. The molecule has 1 aromatic rings. The predicted octanol–water partition coefficient (Wildman–Crippen LogP) is 1.41. The Morgan fingerprint density at radius 1 is 1.38 bits per heavy atom. The molecule has 0 fully saturated rings. The summed E-state index contributed by atoms with van der Waals surface area (Å²) in [4.78, 5) is 7.49. The second-order valence-electron chi connectivity index (χ2n) is 1.36. The van der Waals surface area contributed by atoms with E-state index in [-0.39, 0.29) is 0 Å². The van der Waals surface area contributed by atoms with Gasteiger partial charge in [-0.15, -0.1) is 0 Å². The van der Waals surface area contributed by atoms with E-state index in [4.69, 9.17) is 0 Å². The lowest BCUT2D eigenvalue weighted by Crippen LogP contribution is -1.64. The van der Waals surface area contributed by atoms with Gasteiger partial charge in [-0.1, -0.05) is 0 Å². The molecule has 0 spiro atoms. The standard InChI is InChI=1S/C6H6N2/c1-7-6-2-4-8-5-3-6/h2-5H,1H2. The number of aromatic nitrogens is 1. The largest absolute Gasteiger partial charge is 0.265 e. The lowest BCUT2D eigenvalue weighted by atomic mass is 10.4. The molecule has 1 rings (SSSR count). The highest BCUT2D eigenvalue weighted by Gasteiger charge is 1.77. The first-order chi connectivity index (χ1) is 3.93. The number of hydrogen-bond acceptors (Lipinski definition) is 2. The van der Waals surface area contributed by atoms with Crippen molar-refractivity contribution in [1.82, 2.24) is 4.98 Å². The van der Waals surface area contributed by atoms with E-state index in [9.17, 15) is 0 Å². The Bertz CT molecular complexity index is 169. The summed E-state index contributed by atoms with van der Waals surface area (Å²) in [6, 6.07) is 3.60. The third-order valence-corrected chi connectivity index (χ3v) is 0.845. The first-order valence-electron chi connectivity index (χ1n) is 2.30. The van der Waals surface area contributed by atoms with E-state index in [0.29, 0.717) is 0 Å². The van der Waals surface area contributed by atoms with Crippen molar-refractivity contribution in [2.45, 2.75) is 0 Å². The zero-order chi connectivity index (χ0) is 5.82. The van der Waals surface area contributed by atoms with Crippen molar-refractivity contribution in [3.63, 3.8) is 0 Å². The lowest BCUT2D eigenvalue weighted by molar-refractivity contribution is 1.32. The summed E-state index contributed by atoms with van der Waals surface area (Å²) in [5.41, 5.74) is 0.861. The second-order valence-corrected chi connectivity index (χ2v) is 1.36. The normalized spacial score (nSPS) is 8.50. The molecule has 2 heteroatoms. The third kappa shape index (κ3) is 0.904. The van der Waals surface area contributed by atoms with E-state index in [0.717, 1.165) is 5.69 Å². The summed E-state index contributed by atoms with van der Waals surface area (Å²) in [6.07, 6.45) is 3.37. The Kier molecular flexibility index (Phi) is 1.37. The molecule has 0 aliphatic rings. The van der Waals surface area contributed by atoms with Crippen molar-refractivity contribution >= 4 is 12.4 Å². The van der Waals surface area contributed by atoms with Gasteiger partial charge in [0.2, 0.25) is 0 Å². The lowest BCUT2D eigenvalue weighted by Gasteiger charge is -1.84. The topological polar surface area (TPSA) is 25.2 Å².